The number of aliphatic hydroxyl groups is 1. The number of sulfonamides is 1. The largest absolute Gasteiger partial charge is 0.491 e. The van der Waals surface area contributed by atoms with Crippen molar-refractivity contribution >= 4 is 19.9 Å². The zero-order chi connectivity index (χ0) is 26.0. The molecule has 0 saturated carbocycles. The lowest BCUT2D eigenvalue weighted by Crippen LogP contribution is -2.47. The molecule has 2 N–H and O–H groups in total. The molecular formula is C24H31FN2O7S2. The molecule has 2 aliphatic rings. The Bertz CT molecular complexity index is 1280. The number of aliphatic hydroxyl groups excluding tert-OH is 1. The maximum absolute atomic E-state index is 13.5. The van der Waals surface area contributed by atoms with Crippen LogP contribution in [-0.4, -0.2) is 83.1 Å². The Morgan fingerprint density at radius 2 is 1.83 bits per heavy atom. The number of hydrogen-bond donors (Lipinski definition) is 2. The molecule has 2 fully saturated rings. The molecular weight excluding hydrogens is 511 g/mol. The Balaban J connectivity index is 1.23. The molecule has 36 heavy (non-hydrogen) atoms. The van der Waals surface area contributed by atoms with Crippen LogP contribution in [0.3, 0.4) is 0 Å². The Morgan fingerprint density at radius 1 is 1.14 bits per heavy atom. The van der Waals surface area contributed by atoms with Gasteiger partial charge in [0.2, 0.25) is 10.0 Å². The highest BCUT2D eigenvalue weighted by atomic mass is 32.2. The van der Waals surface area contributed by atoms with E-state index in [9.17, 15) is 26.3 Å². The van der Waals surface area contributed by atoms with Crippen molar-refractivity contribution in [1.29, 1.82) is 0 Å². The van der Waals surface area contributed by atoms with Gasteiger partial charge in [-0.05, 0) is 55.7 Å². The highest BCUT2D eigenvalue weighted by molar-refractivity contribution is 7.90. The second-order valence-corrected chi connectivity index (χ2v) is 13.3. The summed E-state index contributed by atoms with van der Waals surface area (Å²) in [6.45, 7) is 1.27. The smallest absolute Gasteiger partial charge is 0.243 e. The van der Waals surface area contributed by atoms with Gasteiger partial charge in [0.15, 0.2) is 9.84 Å². The monoisotopic (exact) mass is 542 g/mol. The number of halogens is 1. The maximum Gasteiger partial charge on any atom is 0.243 e. The molecule has 0 amide bonds. The van der Waals surface area contributed by atoms with Crippen LogP contribution in [0.25, 0.3) is 0 Å². The van der Waals surface area contributed by atoms with E-state index in [1.165, 1.54) is 34.6 Å². The van der Waals surface area contributed by atoms with E-state index in [0.717, 1.165) is 12.3 Å². The van der Waals surface area contributed by atoms with Gasteiger partial charge in [-0.15, -0.1) is 0 Å². The minimum atomic E-state index is -3.76. The number of piperidine rings is 1. The lowest BCUT2D eigenvalue weighted by Gasteiger charge is -2.38. The molecule has 2 aliphatic heterocycles. The molecule has 2 heterocycles. The van der Waals surface area contributed by atoms with Gasteiger partial charge in [0.25, 0.3) is 0 Å². The topological polar surface area (TPSA) is 122 Å². The van der Waals surface area contributed by atoms with Crippen LogP contribution in [0.15, 0.2) is 58.3 Å². The van der Waals surface area contributed by atoms with Crippen LogP contribution >= 0.6 is 0 Å². The van der Waals surface area contributed by atoms with E-state index in [1.54, 1.807) is 12.1 Å². The van der Waals surface area contributed by atoms with Crippen LogP contribution in [0.4, 0.5) is 4.39 Å². The van der Waals surface area contributed by atoms with Gasteiger partial charge in [-0.1, -0.05) is 12.1 Å². The molecule has 0 radical (unpaired) electrons. The third-order valence-corrected chi connectivity index (χ3v) is 9.60. The van der Waals surface area contributed by atoms with Gasteiger partial charge in [0.1, 0.15) is 24.3 Å². The fourth-order valence-electron chi connectivity index (χ4n) is 4.58. The van der Waals surface area contributed by atoms with Crippen molar-refractivity contribution in [2.75, 3.05) is 39.1 Å². The van der Waals surface area contributed by atoms with Crippen molar-refractivity contribution in [2.24, 2.45) is 0 Å². The molecule has 9 nitrogen and oxygen atoms in total. The second kappa shape index (κ2) is 10.7. The highest BCUT2D eigenvalue weighted by Gasteiger charge is 2.44. The molecule has 2 saturated heterocycles. The number of nitrogens with one attached hydrogen (secondary N) is 1. The lowest BCUT2D eigenvalue weighted by atomic mass is 9.88. The van der Waals surface area contributed by atoms with Crippen molar-refractivity contribution in [3.63, 3.8) is 0 Å². The lowest BCUT2D eigenvalue weighted by molar-refractivity contribution is -0.0312. The summed E-state index contributed by atoms with van der Waals surface area (Å²) in [5, 5.41) is 13.6. The average Bonchev–Trinajstić information content (AvgIpc) is 3.23. The Kier molecular flexibility index (Phi) is 8.03. The molecule has 0 aliphatic carbocycles. The highest BCUT2D eigenvalue weighted by Crippen LogP contribution is 2.37. The van der Waals surface area contributed by atoms with Gasteiger partial charge in [0, 0.05) is 31.9 Å². The van der Waals surface area contributed by atoms with Crippen molar-refractivity contribution in [2.45, 2.75) is 46.8 Å². The molecule has 2 aromatic carbocycles. The number of benzene rings is 2. The first-order valence-electron chi connectivity index (χ1n) is 11.7. The van der Waals surface area contributed by atoms with Crippen molar-refractivity contribution < 1.29 is 35.8 Å². The minimum absolute atomic E-state index is 0.000381. The summed E-state index contributed by atoms with van der Waals surface area (Å²) < 4.78 is 75.6. The van der Waals surface area contributed by atoms with Crippen LogP contribution in [0.1, 0.15) is 19.3 Å². The maximum atomic E-state index is 13.5. The van der Waals surface area contributed by atoms with E-state index < -0.39 is 37.4 Å². The molecule has 1 spiro atoms. The summed E-state index contributed by atoms with van der Waals surface area (Å²) in [4.78, 5) is 0.0976. The SMILES string of the molecule is CS(=O)(=O)c1cccc(OCC(O)CNC2COC3(CCN(S(=O)(=O)c4cccc(F)c4)CC3)C2)c1. The molecule has 12 heteroatoms. The van der Waals surface area contributed by atoms with E-state index in [2.05, 4.69) is 5.32 Å². The van der Waals surface area contributed by atoms with Crippen LogP contribution in [-0.2, 0) is 24.6 Å². The number of ether oxygens (including phenoxy) is 2. The van der Waals surface area contributed by atoms with Gasteiger partial charge < -0.3 is 19.9 Å². The Labute approximate surface area is 211 Å². The summed E-state index contributed by atoms with van der Waals surface area (Å²) in [5.74, 6) is -0.229. The molecule has 2 atom stereocenters. The van der Waals surface area contributed by atoms with Gasteiger partial charge in [0.05, 0.1) is 22.0 Å². The predicted molar refractivity (Wildman–Crippen MR) is 131 cm³/mol. The molecule has 2 aromatic rings. The van der Waals surface area contributed by atoms with Crippen molar-refractivity contribution in [3.8, 4) is 5.75 Å². The fourth-order valence-corrected chi connectivity index (χ4v) is 6.71. The fraction of sp³-hybridized carbons (Fsp3) is 0.500. The van der Waals surface area contributed by atoms with E-state index in [0.29, 0.717) is 31.6 Å². The van der Waals surface area contributed by atoms with Gasteiger partial charge in [-0.25, -0.2) is 21.2 Å². The van der Waals surface area contributed by atoms with Crippen molar-refractivity contribution in [3.05, 3.63) is 54.3 Å². The van der Waals surface area contributed by atoms with Gasteiger partial charge in [-0.3, -0.25) is 0 Å². The zero-order valence-electron chi connectivity index (χ0n) is 20.0. The second-order valence-electron chi connectivity index (χ2n) is 9.38. The average molecular weight is 543 g/mol. The quantitative estimate of drug-likeness (QED) is 0.490. The molecule has 0 aromatic heterocycles. The number of nitrogens with zero attached hydrogens (tertiary/aromatic N) is 1. The summed E-state index contributed by atoms with van der Waals surface area (Å²) >= 11 is 0. The van der Waals surface area contributed by atoms with Crippen LogP contribution < -0.4 is 10.1 Å². The first kappa shape index (κ1) is 27.0. The molecule has 4 rings (SSSR count). The van der Waals surface area contributed by atoms with E-state index in [4.69, 9.17) is 9.47 Å². The number of hydrogen-bond acceptors (Lipinski definition) is 8. The normalized spacial score (nSPS) is 21.5. The summed E-state index contributed by atoms with van der Waals surface area (Å²) in [7, 11) is -7.11. The molecule has 2 unspecified atom stereocenters. The summed E-state index contributed by atoms with van der Waals surface area (Å²) in [5.41, 5.74) is -0.431. The van der Waals surface area contributed by atoms with Crippen LogP contribution in [0.5, 0.6) is 5.75 Å². The van der Waals surface area contributed by atoms with Crippen LogP contribution in [0, 0.1) is 5.82 Å². The standard InChI is InChI=1S/C24H31FN2O7S2/c1-35(29,30)22-6-3-5-21(13-22)33-17-20(28)15-26-19-14-24(34-16-19)8-10-27(11-9-24)36(31,32)23-7-2-4-18(25)12-23/h2-7,12-13,19-20,26,28H,8-11,14-17H2,1H3. The van der Waals surface area contributed by atoms with E-state index in [1.807, 2.05) is 0 Å². The zero-order valence-corrected chi connectivity index (χ0v) is 21.6. The Hall–Kier alpha value is -2.09. The van der Waals surface area contributed by atoms with E-state index in [-0.39, 0.29) is 42.1 Å². The van der Waals surface area contributed by atoms with Crippen LogP contribution in [0.2, 0.25) is 0 Å². The molecule has 0 bridgehead atoms. The Morgan fingerprint density at radius 3 is 2.53 bits per heavy atom. The van der Waals surface area contributed by atoms with Gasteiger partial charge >= 0.3 is 0 Å². The predicted octanol–water partition coefficient (Wildman–Crippen LogP) is 1.57. The first-order valence-corrected chi connectivity index (χ1v) is 15.0. The van der Waals surface area contributed by atoms with Crippen molar-refractivity contribution in [1.82, 2.24) is 9.62 Å². The third kappa shape index (κ3) is 6.42. The number of rotatable bonds is 9. The summed E-state index contributed by atoms with van der Waals surface area (Å²) in [6.07, 6.45) is 2.05. The third-order valence-electron chi connectivity index (χ3n) is 6.59. The molecule has 198 valence electrons. The van der Waals surface area contributed by atoms with E-state index >= 15 is 0 Å². The number of sulfone groups is 1. The summed E-state index contributed by atoms with van der Waals surface area (Å²) in [6, 6.07) is 11.1. The van der Waals surface area contributed by atoms with Gasteiger partial charge in [-0.2, -0.15) is 4.31 Å². The first-order chi connectivity index (χ1) is 17.0. The minimum Gasteiger partial charge on any atom is -0.491 e.